The van der Waals surface area contributed by atoms with E-state index >= 15 is 0 Å². The van der Waals surface area contributed by atoms with Gasteiger partial charge in [0.05, 0.1) is 9.26 Å². The largest absolute Gasteiger partial charge is 0.369 e. The number of anilines is 1. The van der Waals surface area contributed by atoms with E-state index in [-0.39, 0.29) is 0 Å². The molecule has 0 radical (unpaired) electrons. The van der Waals surface area contributed by atoms with Crippen molar-refractivity contribution >= 4 is 28.4 Å². The fourth-order valence-corrected chi connectivity index (χ4v) is 2.77. The molecule has 4 heteroatoms. The predicted molar refractivity (Wildman–Crippen MR) is 79.5 cm³/mol. The van der Waals surface area contributed by atoms with Crippen LogP contribution in [-0.4, -0.2) is 16.5 Å². The molecule has 0 saturated heterocycles. The summed E-state index contributed by atoms with van der Waals surface area (Å²) >= 11 is 2.36. The number of hydrogen-bond donors (Lipinski definition) is 1. The molecule has 94 valence electrons. The van der Waals surface area contributed by atoms with Gasteiger partial charge in [-0.05, 0) is 48.3 Å². The number of rotatable bonds is 5. The van der Waals surface area contributed by atoms with Gasteiger partial charge < -0.3 is 5.32 Å². The van der Waals surface area contributed by atoms with Gasteiger partial charge in [-0.25, -0.2) is 9.97 Å². The van der Waals surface area contributed by atoms with Crippen LogP contribution in [0, 0.1) is 3.57 Å². The molecule has 1 saturated carbocycles. The molecule has 17 heavy (non-hydrogen) atoms. The van der Waals surface area contributed by atoms with Crippen molar-refractivity contribution in [3.8, 4) is 0 Å². The number of aromatic nitrogens is 2. The summed E-state index contributed by atoms with van der Waals surface area (Å²) < 4.78 is 1.20. The minimum absolute atomic E-state index is 0.611. The van der Waals surface area contributed by atoms with Gasteiger partial charge in [0, 0.05) is 12.5 Å². The highest BCUT2D eigenvalue weighted by molar-refractivity contribution is 14.1. The topological polar surface area (TPSA) is 37.8 Å². The molecular formula is C13H20IN3. The predicted octanol–water partition coefficient (Wildman–Crippen LogP) is 3.73. The molecule has 0 aromatic carbocycles. The molecule has 1 fully saturated rings. The maximum absolute atomic E-state index is 4.72. The van der Waals surface area contributed by atoms with Crippen molar-refractivity contribution in [2.75, 3.05) is 11.9 Å². The third kappa shape index (κ3) is 2.89. The number of hydrogen-bond acceptors (Lipinski definition) is 3. The molecule has 3 nitrogen and oxygen atoms in total. The van der Waals surface area contributed by atoms with Crippen molar-refractivity contribution in [3.05, 3.63) is 15.1 Å². The fourth-order valence-electron chi connectivity index (χ4n) is 1.96. The lowest BCUT2D eigenvalue weighted by molar-refractivity contribution is 0.400. The van der Waals surface area contributed by atoms with E-state index in [1.165, 1.54) is 28.5 Å². The SMILES string of the molecule is CCCNc1nc(C2CCC2)nc(CC)c1I. The quantitative estimate of drug-likeness (QED) is 0.827. The first kappa shape index (κ1) is 13.1. The summed E-state index contributed by atoms with van der Waals surface area (Å²) in [6, 6.07) is 0. The summed E-state index contributed by atoms with van der Waals surface area (Å²) in [5, 5.41) is 3.42. The standard InChI is InChI=1S/C13H20IN3/c1-3-8-15-13-11(14)10(4-2)16-12(17-13)9-6-5-7-9/h9H,3-8H2,1-2H3,(H,15,16,17). The van der Waals surface area contributed by atoms with E-state index in [4.69, 9.17) is 9.97 Å². The summed E-state index contributed by atoms with van der Waals surface area (Å²) in [5.74, 6) is 2.72. The molecule has 1 aliphatic carbocycles. The van der Waals surface area contributed by atoms with E-state index in [2.05, 4.69) is 41.8 Å². The molecule has 0 unspecified atom stereocenters. The van der Waals surface area contributed by atoms with Crippen LogP contribution < -0.4 is 5.32 Å². The zero-order valence-corrected chi connectivity index (χ0v) is 12.7. The third-order valence-corrected chi connectivity index (χ3v) is 4.42. The summed E-state index contributed by atoms with van der Waals surface area (Å²) in [6.45, 7) is 5.33. The summed E-state index contributed by atoms with van der Waals surface area (Å²) in [6.07, 6.45) is 5.97. The van der Waals surface area contributed by atoms with Gasteiger partial charge in [-0.15, -0.1) is 0 Å². The zero-order chi connectivity index (χ0) is 12.3. The number of nitrogens with zero attached hydrogens (tertiary/aromatic N) is 2. The first-order chi connectivity index (χ1) is 8.26. The molecule has 0 amide bonds. The molecule has 1 aliphatic rings. The van der Waals surface area contributed by atoms with Crippen LogP contribution in [0.3, 0.4) is 0 Å². The Hall–Kier alpha value is -0.390. The van der Waals surface area contributed by atoms with E-state index in [1.54, 1.807) is 0 Å². The number of aryl methyl sites for hydroxylation is 1. The van der Waals surface area contributed by atoms with Crippen LogP contribution in [0.5, 0.6) is 0 Å². The number of halogens is 1. The van der Waals surface area contributed by atoms with Crippen molar-refractivity contribution in [2.24, 2.45) is 0 Å². The van der Waals surface area contributed by atoms with Crippen LogP contribution in [0.4, 0.5) is 5.82 Å². The highest BCUT2D eigenvalue weighted by Gasteiger charge is 2.24. The first-order valence-electron chi connectivity index (χ1n) is 6.56. The molecule has 0 aliphatic heterocycles. The van der Waals surface area contributed by atoms with Gasteiger partial charge in [0.25, 0.3) is 0 Å². The summed E-state index contributed by atoms with van der Waals surface area (Å²) in [5.41, 5.74) is 1.20. The van der Waals surface area contributed by atoms with E-state index in [1.807, 2.05) is 0 Å². The van der Waals surface area contributed by atoms with Gasteiger partial charge in [-0.3, -0.25) is 0 Å². The van der Waals surface area contributed by atoms with Crippen LogP contribution in [0.2, 0.25) is 0 Å². The van der Waals surface area contributed by atoms with E-state index < -0.39 is 0 Å². The van der Waals surface area contributed by atoms with Gasteiger partial charge in [0.1, 0.15) is 11.6 Å². The zero-order valence-electron chi connectivity index (χ0n) is 10.6. The minimum atomic E-state index is 0.611. The maximum Gasteiger partial charge on any atom is 0.143 e. The molecular weight excluding hydrogens is 325 g/mol. The van der Waals surface area contributed by atoms with Gasteiger partial charge in [0.15, 0.2) is 0 Å². The van der Waals surface area contributed by atoms with E-state index in [0.717, 1.165) is 31.0 Å². The maximum atomic E-state index is 4.72. The Balaban J connectivity index is 2.27. The second kappa shape index (κ2) is 5.98. The molecule has 1 aromatic heterocycles. The molecule has 0 spiro atoms. The van der Waals surface area contributed by atoms with Crippen LogP contribution in [0.25, 0.3) is 0 Å². The number of nitrogens with one attached hydrogen (secondary N) is 1. The highest BCUT2D eigenvalue weighted by Crippen LogP contribution is 2.35. The second-order valence-corrected chi connectivity index (χ2v) is 5.68. The Bertz CT molecular complexity index is 388. The van der Waals surface area contributed by atoms with Crippen molar-refractivity contribution in [3.63, 3.8) is 0 Å². The van der Waals surface area contributed by atoms with Gasteiger partial charge in [-0.1, -0.05) is 20.3 Å². The van der Waals surface area contributed by atoms with Crippen molar-refractivity contribution < 1.29 is 0 Å². The highest BCUT2D eigenvalue weighted by atomic mass is 127. The summed E-state index contributed by atoms with van der Waals surface area (Å²) in [4.78, 5) is 9.43. The van der Waals surface area contributed by atoms with E-state index in [0.29, 0.717) is 5.92 Å². The monoisotopic (exact) mass is 345 g/mol. The van der Waals surface area contributed by atoms with Crippen molar-refractivity contribution in [2.45, 2.75) is 51.9 Å². The van der Waals surface area contributed by atoms with Crippen LogP contribution in [0.1, 0.15) is 57.0 Å². The van der Waals surface area contributed by atoms with Gasteiger partial charge in [0.2, 0.25) is 0 Å². The lowest BCUT2D eigenvalue weighted by Crippen LogP contribution is -2.17. The molecule has 0 atom stereocenters. The Morgan fingerprint density at radius 2 is 2.06 bits per heavy atom. The normalized spacial score (nSPS) is 15.7. The van der Waals surface area contributed by atoms with E-state index in [9.17, 15) is 0 Å². The molecule has 1 N–H and O–H groups in total. The average Bonchev–Trinajstić information content (AvgIpc) is 2.27. The minimum Gasteiger partial charge on any atom is -0.369 e. The Labute approximate surface area is 117 Å². The Morgan fingerprint density at radius 1 is 1.29 bits per heavy atom. The second-order valence-electron chi connectivity index (χ2n) is 4.60. The first-order valence-corrected chi connectivity index (χ1v) is 7.64. The lowest BCUT2D eigenvalue weighted by Gasteiger charge is -2.25. The lowest BCUT2D eigenvalue weighted by atomic mass is 9.85. The van der Waals surface area contributed by atoms with Crippen LogP contribution in [0.15, 0.2) is 0 Å². The molecule has 0 bridgehead atoms. The van der Waals surface area contributed by atoms with Crippen molar-refractivity contribution in [1.82, 2.24) is 9.97 Å². The van der Waals surface area contributed by atoms with Crippen LogP contribution in [-0.2, 0) is 6.42 Å². The van der Waals surface area contributed by atoms with Crippen LogP contribution >= 0.6 is 22.6 Å². The smallest absolute Gasteiger partial charge is 0.143 e. The molecule has 1 aromatic rings. The van der Waals surface area contributed by atoms with Gasteiger partial charge in [-0.2, -0.15) is 0 Å². The Morgan fingerprint density at radius 3 is 2.59 bits per heavy atom. The fraction of sp³-hybridized carbons (Fsp3) is 0.692. The molecule has 2 rings (SSSR count). The average molecular weight is 345 g/mol. The third-order valence-electron chi connectivity index (χ3n) is 3.28. The summed E-state index contributed by atoms with van der Waals surface area (Å²) in [7, 11) is 0. The van der Waals surface area contributed by atoms with Crippen molar-refractivity contribution in [1.29, 1.82) is 0 Å². The molecule has 1 heterocycles. The Kier molecular flexibility index (Phi) is 4.59. The van der Waals surface area contributed by atoms with Gasteiger partial charge >= 0.3 is 0 Å².